The predicted molar refractivity (Wildman–Crippen MR) is 71.0 cm³/mol. The Kier molecular flexibility index (Phi) is 2.99. The van der Waals surface area contributed by atoms with Gasteiger partial charge in [0.25, 0.3) is 0 Å². The third-order valence-corrected chi connectivity index (χ3v) is 3.10. The second-order valence-corrected chi connectivity index (χ2v) is 4.49. The maximum Gasteiger partial charge on any atom is 0.231 e. The summed E-state index contributed by atoms with van der Waals surface area (Å²) in [6.07, 6.45) is 0. The van der Waals surface area contributed by atoms with Crippen LogP contribution in [-0.4, -0.2) is 6.79 Å². The molecule has 0 amide bonds. The van der Waals surface area contributed by atoms with Crippen molar-refractivity contribution < 1.29 is 13.9 Å². The Hall–Kier alpha value is -2.23. The van der Waals surface area contributed by atoms with Crippen molar-refractivity contribution in [3.63, 3.8) is 0 Å². The molecular formula is C15H14FNO2. The minimum Gasteiger partial charge on any atom is -0.454 e. The molecule has 0 spiro atoms. The van der Waals surface area contributed by atoms with E-state index >= 15 is 0 Å². The number of hydrogen-bond donors (Lipinski definition) is 1. The molecule has 0 aliphatic carbocycles. The minimum atomic E-state index is -0.247. The molecule has 0 aromatic heterocycles. The summed E-state index contributed by atoms with van der Waals surface area (Å²) in [4.78, 5) is 0. The van der Waals surface area contributed by atoms with Gasteiger partial charge in [-0.3, -0.25) is 0 Å². The van der Waals surface area contributed by atoms with Gasteiger partial charge < -0.3 is 14.8 Å². The van der Waals surface area contributed by atoms with Crippen LogP contribution in [0.15, 0.2) is 42.5 Å². The van der Waals surface area contributed by atoms with E-state index in [0.717, 1.165) is 22.7 Å². The highest BCUT2D eigenvalue weighted by Gasteiger charge is 2.15. The molecule has 98 valence electrons. The number of benzene rings is 2. The Bertz CT molecular complexity index is 600. The number of ether oxygens (including phenoxy) is 2. The van der Waals surface area contributed by atoms with Crippen LogP contribution in [0.4, 0.5) is 10.1 Å². The van der Waals surface area contributed by atoms with Gasteiger partial charge in [-0.25, -0.2) is 4.39 Å². The van der Waals surface area contributed by atoms with Gasteiger partial charge >= 0.3 is 0 Å². The molecule has 19 heavy (non-hydrogen) atoms. The van der Waals surface area contributed by atoms with Crippen LogP contribution in [0.1, 0.15) is 18.5 Å². The highest BCUT2D eigenvalue weighted by atomic mass is 19.1. The van der Waals surface area contributed by atoms with Gasteiger partial charge in [-0.05, 0) is 42.8 Å². The average Bonchev–Trinajstić information content (AvgIpc) is 2.85. The van der Waals surface area contributed by atoms with Crippen LogP contribution in [-0.2, 0) is 0 Å². The van der Waals surface area contributed by atoms with Crippen LogP contribution >= 0.6 is 0 Å². The Balaban J connectivity index is 1.78. The number of fused-ring (bicyclic) bond motifs is 1. The second-order valence-electron chi connectivity index (χ2n) is 4.49. The molecule has 3 nitrogen and oxygen atoms in total. The van der Waals surface area contributed by atoms with Gasteiger partial charge in [-0.15, -0.1) is 0 Å². The van der Waals surface area contributed by atoms with E-state index in [0.29, 0.717) is 0 Å². The molecule has 1 heterocycles. The van der Waals surface area contributed by atoms with Crippen molar-refractivity contribution in [3.05, 3.63) is 53.8 Å². The molecule has 1 aliphatic heterocycles. The third-order valence-electron chi connectivity index (χ3n) is 3.10. The summed E-state index contributed by atoms with van der Waals surface area (Å²) < 4.78 is 23.7. The molecule has 0 saturated heterocycles. The summed E-state index contributed by atoms with van der Waals surface area (Å²) in [5, 5.41) is 3.25. The molecule has 1 atom stereocenters. The first kappa shape index (κ1) is 11.8. The highest BCUT2D eigenvalue weighted by Crippen LogP contribution is 2.34. The molecular weight excluding hydrogens is 245 g/mol. The maximum atomic E-state index is 13.1. The van der Waals surface area contributed by atoms with E-state index in [1.807, 2.05) is 31.2 Å². The van der Waals surface area contributed by atoms with E-state index < -0.39 is 0 Å². The Morgan fingerprint density at radius 1 is 1.11 bits per heavy atom. The van der Waals surface area contributed by atoms with E-state index in [1.54, 1.807) is 6.07 Å². The second kappa shape index (κ2) is 4.80. The van der Waals surface area contributed by atoms with E-state index in [1.165, 1.54) is 12.1 Å². The average molecular weight is 259 g/mol. The smallest absolute Gasteiger partial charge is 0.231 e. The van der Waals surface area contributed by atoms with Crippen molar-refractivity contribution in [1.82, 2.24) is 0 Å². The van der Waals surface area contributed by atoms with E-state index in [9.17, 15) is 4.39 Å². The van der Waals surface area contributed by atoms with Gasteiger partial charge in [0.1, 0.15) is 5.82 Å². The van der Waals surface area contributed by atoms with Gasteiger partial charge in [0.15, 0.2) is 11.5 Å². The Labute approximate surface area is 111 Å². The van der Waals surface area contributed by atoms with Gasteiger partial charge in [0, 0.05) is 11.7 Å². The molecule has 1 aliphatic rings. The molecule has 1 unspecified atom stereocenters. The van der Waals surface area contributed by atoms with Gasteiger partial charge in [0.05, 0.1) is 0 Å². The lowest BCUT2D eigenvalue weighted by atomic mass is 10.1. The summed E-state index contributed by atoms with van der Waals surface area (Å²) in [5.74, 6) is 1.27. The SMILES string of the molecule is CC(Nc1cccc(F)c1)c1ccc2c(c1)OCO2. The van der Waals surface area contributed by atoms with Crippen molar-refractivity contribution in [2.75, 3.05) is 12.1 Å². The highest BCUT2D eigenvalue weighted by molar-refractivity contribution is 5.49. The first-order valence-electron chi connectivity index (χ1n) is 6.14. The molecule has 4 heteroatoms. The van der Waals surface area contributed by atoms with Gasteiger partial charge in [-0.2, -0.15) is 0 Å². The fourth-order valence-corrected chi connectivity index (χ4v) is 2.09. The summed E-state index contributed by atoms with van der Waals surface area (Å²) in [6, 6.07) is 12.3. The molecule has 2 aromatic carbocycles. The Morgan fingerprint density at radius 3 is 2.79 bits per heavy atom. The molecule has 0 radical (unpaired) electrons. The number of nitrogens with one attached hydrogen (secondary N) is 1. The molecule has 0 fully saturated rings. The first-order valence-corrected chi connectivity index (χ1v) is 6.14. The fraction of sp³-hybridized carbons (Fsp3) is 0.200. The monoisotopic (exact) mass is 259 g/mol. The van der Waals surface area contributed by atoms with Crippen molar-refractivity contribution in [2.45, 2.75) is 13.0 Å². The first-order chi connectivity index (χ1) is 9.22. The lowest BCUT2D eigenvalue weighted by Gasteiger charge is -2.16. The quantitative estimate of drug-likeness (QED) is 0.911. The molecule has 0 bridgehead atoms. The van der Waals surface area contributed by atoms with Crippen molar-refractivity contribution in [3.8, 4) is 11.5 Å². The van der Waals surface area contributed by atoms with Crippen LogP contribution < -0.4 is 14.8 Å². The normalized spacial score (nSPS) is 14.2. The van der Waals surface area contributed by atoms with Crippen molar-refractivity contribution >= 4 is 5.69 Å². The lowest BCUT2D eigenvalue weighted by Crippen LogP contribution is -2.06. The van der Waals surface area contributed by atoms with Crippen LogP contribution in [0.25, 0.3) is 0 Å². The van der Waals surface area contributed by atoms with Crippen molar-refractivity contribution in [2.24, 2.45) is 0 Å². The van der Waals surface area contributed by atoms with Crippen LogP contribution in [0.3, 0.4) is 0 Å². The standard InChI is InChI=1S/C15H14FNO2/c1-10(17-13-4-2-3-12(16)8-13)11-5-6-14-15(7-11)19-9-18-14/h2-8,10,17H,9H2,1H3. The summed E-state index contributed by atoms with van der Waals surface area (Å²) in [7, 11) is 0. The molecule has 1 N–H and O–H groups in total. The van der Waals surface area contributed by atoms with E-state index in [-0.39, 0.29) is 18.7 Å². The maximum absolute atomic E-state index is 13.1. The fourth-order valence-electron chi connectivity index (χ4n) is 2.09. The minimum absolute atomic E-state index is 0.0521. The predicted octanol–water partition coefficient (Wildman–Crippen LogP) is 3.73. The summed E-state index contributed by atoms with van der Waals surface area (Å²) in [5.41, 5.74) is 1.82. The number of anilines is 1. The van der Waals surface area contributed by atoms with Crippen molar-refractivity contribution in [1.29, 1.82) is 0 Å². The molecule has 3 rings (SSSR count). The van der Waals surface area contributed by atoms with E-state index in [4.69, 9.17) is 9.47 Å². The molecule has 2 aromatic rings. The van der Waals surface area contributed by atoms with E-state index in [2.05, 4.69) is 5.32 Å². The van der Waals surface area contributed by atoms with Crippen LogP contribution in [0, 0.1) is 5.82 Å². The Morgan fingerprint density at radius 2 is 1.95 bits per heavy atom. The number of hydrogen-bond acceptors (Lipinski definition) is 3. The molecule has 0 saturated carbocycles. The topological polar surface area (TPSA) is 30.5 Å². The summed E-state index contributed by atoms with van der Waals surface area (Å²) >= 11 is 0. The van der Waals surface area contributed by atoms with Crippen LogP contribution in [0.2, 0.25) is 0 Å². The number of rotatable bonds is 3. The lowest BCUT2D eigenvalue weighted by molar-refractivity contribution is 0.174. The van der Waals surface area contributed by atoms with Gasteiger partial charge in [0.2, 0.25) is 6.79 Å². The van der Waals surface area contributed by atoms with Crippen LogP contribution in [0.5, 0.6) is 11.5 Å². The summed E-state index contributed by atoms with van der Waals surface area (Å²) in [6.45, 7) is 2.28. The zero-order valence-electron chi connectivity index (χ0n) is 10.5. The number of halogens is 1. The van der Waals surface area contributed by atoms with Gasteiger partial charge in [-0.1, -0.05) is 12.1 Å². The zero-order valence-corrected chi connectivity index (χ0v) is 10.5. The zero-order chi connectivity index (χ0) is 13.2. The largest absolute Gasteiger partial charge is 0.454 e. The third kappa shape index (κ3) is 2.47.